The number of rotatable bonds is 4. The standard InChI is InChI=1S/C11H14N2O2S/c14-10(15)6-13(7-4-5-7)11-12-8-2-1-3-9(8)16-11/h7H,1-6H2,(H,14,15). The highest BCUT2D eigenvalue weighted by Gasteiger charge is 2.33. The summed E-state index contributed by atoms with van der Waals surface area (Å²) in [6.45, 7) is 0.0943. The Bertz CT molecular complexity index is 404. The molecular weight excluding hydrogens is 224 g/mol. The van der Waals surface area contributed by atoms with Crippen LogP contribution in [0.5, 0.6) is 0 Å². The van der Waals surface area contributed by atoms with Gasteiger partial charge in [-0.2, -0.15) is 0 Å². The van der Waals surface area contributed by atoms with Crippen LogP contribution >= 0.6 is 11.3 Å². The smallest absolute Gasteiger partial charge is 0.323 e. The van der Waals surface area contributed by atoms with Crippen LogP contribution in [-0.4, -0.2) is 28.6 Å². The summed E-state index contributed by atoms with van der Waals surface area (Å²) in [6, 6.07) is 0.419. The van der Waals surface area contributed by atoms with E-state index in [2.05, 4.69) is 4.98 Å². The van der Waals surface area contributed by atoms with Crippen LogP contribution < -0.4 is 4.90 Å². The van der Waals surface area contributed by atoms with Gasteiger partial charge in [0.15, 0.2) is 5.13 Å². The highest BCUT2D eigenvalue weighted by atomic mass is 32.1. The van der Waals surface area contributed by atoms with Gasteiger partial charge in [0.2, 0.25) is 0 Å². The molecular formula is C11H14N2O2S. The van der Waals surface area contributed by atoms with Gasteiger partial charge >= 0.3 is 5.97 Å². The average molecular weight is 238 g/mol. The minimum atomic E-state index is -0.762. The fourth-order valence-electron chi connectivity index (χ4n) is 2.18. The summed E-state index contributed by atoms with van der Waals surface area (Å²) in [4.78, 5) is 18.7. The Kier molecular flexibility index (Phi) is 2.35. The van der Waals surface area contributed by atoms with E-state index in [0.717, 1.165) is 30.8 Å². The number of fused-ring (bicyclic) bond motifs is 1. The lowest BCUT2D eigenvalue weighted by molar-refractivity contribution is -0.135. The molecule has 2 aliphatic carbocycles. The summed E-state index contributed by atoms with van der Waals surface area (Å²) < 4.78 is 0. The summed E-state index contributed by atoms with van der Waals surface area (Å²) in [5.41, 5.74) is 1.20. The SMILES string of the molecule is O=C(O)CN(c1nc2c(s1)CCC2)C1CC1. The van der Waals surface area contributed by atoms with Crippen LogP contribution in [0.1, 0.15) is 29.8 Å². The molecule has 4 nitrogen and oxygen atoms in total. The maximum atomic E-state index is 10.8. The zero-order valence-electron chi connectivity index (χ0n) is 8.98. The van der Waals surface area contributed by atoms with E-state index < -0.39 is 5.97 Å². The van der Waals surface area contributed by atoms with Gasteiger partial charge in [-0.15, -0.1) is 11.3 Å². The second-order valence-corrected chi connectivity index (χ2v) is 5.53. The first kappa shape index (κ1) is 10.1. The molecule has 5 heteroatoms. The number of carboxylic acids is 1. The number of hydrogen-bond donors (Lipinski definition) is 1. The van der Waals surface area contributed by atoms with Crippen molar-refractivity contribution in [1.29, 1.82) is 0 Å². The molecule has 1 heterocycles. The predicted octanol–water partition coefficient (Wildman–Crippen LogP) is 1.69. The first-order valence-corrected chi connectivity index (χ1v) is 6.52. The maximum absolute atomic E-state index is 10.8. The number of aryl methyl sites for hydroxylation is 2. The third kappa shape index (κ3) is 1.80. The van der Waals surface area contributed by atoms with Gasteiger partial charge in [-0.3, -0.25) is 4.79 Å². The second kappa shape index (κ2) is 3.73. The molecule has 16 heavy (non-hydrogen) atoms. The molecule has 0 spiro atoms. The zero-order valence-corrected chi connectivity index (χ0v) is 9.79. The van der Waals surface area contributed by atoms with Crippen molar-refractivity contribution in [2.45, 2.75) is 38.1 Å². The summed E-state index contributed by atoms with van der Waals surface area (Å²) in [5, 5.41) is 9.83. The van der Waals surface area contributed by atoms with Crippen molar-refractivity contribution < 1.29 is 9.90 Å². The third-order valence-corrected chi connectivity index (χ3v) is 4.32. The Morgan fingerprint density at radius 3 is 2.94 bits per heavy atom. The monoisotopic (exact) mass is 238 g/mol. The van der Waals surface area contributed by atoms with E-state index in [1.165, 1.54) is 17.0 Å². The molecule has 86 valence electrons. The minimum absolute atomic E-state index is 0.0943. The van der Waals surface area contributed by atoms with Gasteiger partial charge < -0.3 is 10.0 Å². The zero-order chi connectivity index (χ0) is 11.1. The number of aliphatic carboxylic acids is 1. The Balaban J connectivity index is 1.84. The molecule has 1 fully saturated rings. The van der Waals surface area contributed by atoms with Gasteiger partial charge in [-0.25, -0.2) is 4.98 Å². The van der Waals surface area contributed by atoms with Crippen molar-refractivity contribution >= 4 is 22.4 Å². The highest BCUT2D eigenvalue weighted by Crippen LogP contribution is 2.37. The van der Waals surface area contributed by atoms with E-state index in [4.69, 9.17) is 5.11 Å². The van der Waals surface area contributed by atoms with Crippen LogP contribution in [0.3, 0.4) is 0 Å². The van der Waals surface area contributed by atoms with Crippen LogP contribution in [0.4, 0.5) is 5.13 Å². The number of carboxylic acid groups (broad SMARTS) is 1. The maximum Gasteiger partial charge on any atom is 0.323 e. The summed E-state index contributed by atoms with van der Waals surface area (Å²) >= 11 is 1.69. The number of anilines is 1. The summed E-state index contributed by atoms with van der Waals surface area (Å²) in [6.07, 6.45) is 5.61. The highest BCUT2D eigenvalue weighted by molar-refractivity contribution is 7.15. The van der Waals surface area contributed by atoms with Crippen LogP contribution in [-0.2, 0) is 17.6 Å². The van der Waals surface area contributed by atoms with E-state index in [1.54, 1.807) is 11.3 Å². The fourth-order valence-corrected chi connectivity index (χ4v) is 3.40. The molecule has 1 N–H and O–H groups in total. The lowest BCUT2D eigenvalue weighted by Gasteiger charge is -2.18. The van der Waals surface area contributed by atoms with Crippen molar-refractivity contribution in [3.05, 3.63) is 10.6 Å². The fraction of sp³-hybridized carbons (Fsp3) is 0.636. The predicted molar refractivity (Wildman–Crippen MR) is 62.1 cm³/mol. The molecule has 1 aromatic heterocycles. The Morgan fingerprint density at radius 1 is 1.50 bits per heavy atom. The number of hydrogen-bond acceptors (Lipinski definition) is 4. The molecule has 1 saturated carbocycles. The number of nitrogens with zero attached hydrogens (tertiary/aromatic N) is 2. The number of carbonyl (C=O) groups is 1. The van der Waals surface area contributed by atoms with Crippen molar-refractivity contribution in [3.63, 3.8) is 0 Å². The van der Waals surface area contributed by atoms with Crippen LogP contribution in [0.25, 0.3) is 0 Å². The van der Waals surface area contributed by atoms with Gasteiger partial charge in [0.05, 0.1) is 5.69 Å². The lowest BCUT2D eigenvalue weighted by Crippen LogP contribution is -2.31. The van der Waals surface area contributed by atoms with Crippen molar-refractivity contribution in [1.82, 2.24) is 4.98 Å². The van der Waals surface area contributed by atoms with Crippen molar-refractivity contribution in [3.8, 4) is 0 Å². The molecule has 0 aliphatic heterocycles. The van der Waals surface area contributed by atoms with Crippen LogP contribution in [0, 0.1) is 0 Å². The quantitative estimate of drug-likeness (QED) is 0.867. The van der Waals surface area contributed by atoms with E-state index >= 15 is 0 Å². The van der Waals surface area contributed by atoms with Gasteiger partial charge in [-0.1, -0.05) is 0 Å². The van der Waals surface area contributed by atoms with Crippen molar-refractivity contribution in [2.75, 3.05) is 11.4 Å². The number of thiazole rings is 1. The lowest BCUT2D eigenvalue weighted by atomic mass is 10.4. The molecule has 3 rings (SSSR count). The van der Waals surface area contributed by atoms with Crippen LogP contribution in [0.2, 0.25) is 0 Å². The Morgan fingerprint density at radius 2 is 2.31 bits per heavy atom. The Hall–Kier alpha value is -1.10. The summed E-state index contributed by atoms with van der Waals surface area (Å²) in [7, 11) is 0. The van der Waals surface area contributed by atoms with Crippen LogP contribution in [0.15, 0.2) is 0 Å². The third-order valence-electron chi connectivity index (χ3n) is 3.12. The second-order valence-electron chi connectivity index (χ2n) is 4.47. The van der Waals surface area contributed by atoms with Gasteiger partial charge in [0.1, 0.15) is 6.54 Å². The molecule has 1 aromatic rings. The molecule has 0 amide bonds. The summed E-state index contributed by atoms with van der Waals surface area (Å²) in [5.74, 6) is -0.762. The number of aromatic nitrogens is 1. The first-order valence-electron chi connectivity index (χ1n) is 5.71. The average Bonchev–Trinajstić information content (AvgIpc) is 2.82. The molecule has 2 aliphatic rings. The molecule has 0 aromatic carbocycles. The molecule has 0 unspecified atom stereocenters. The molecule has 0 saturated heterocycles. The Labute approximate surface area is 97.9 Å². The minimum Gasteiger partial charge on any atom is -0.480 e. The van der Waals surface area contributed by atoms with E-state index in [0.29, 0.717) is 6.04 Å². The largest absolute Gasteiger partial charge is 0.480 e. The van der Waals surface area contributed by atoms with Gasteiger partial charge in [0, 0.05) is 10.9 Å². The van der Waals surface area contributed by atoms with E-state index in [1.807, 2.05) is 4.90 Å². The first-order chi connectivity index (χ1) is 7.74. The van der Waals surface area contributed by atoms with E-state index in [-0.39, 0.29) is 6.54 Å². The van der Waals surface area contributed by atoms with Gasteiger partial charge in [-0.05, 0) is 32.1 Å². The topological polar surface area (TPSA) is 53.4 Å². The molecule has 0 atom stereocenters. The normalized spacial score (nSPS) is 18.5. The molecule has 0 radical (unpaired) electrons. The van der Waals surface area contributed by atoms with E-state index in [9.17, 15) is 4.79 Å². The molecule has 0 bridgehead atoms. The van der Waals surface area contributed by atoms with Gasteiger partial charge in [0.25, 0.3) is 0 Å². The van der Waals surface area contributed by atoms with Crippen molar-refractivity contribution in [2.24, 2.45) is 0 Å².